The van der Waals surface area contributed by atoms with Crippen LogP contribution in [-0.2, 0) is 15.8 Å². The number of halogens is 1. The summed E-state index contributed by atoms with van der Waals surface area (Å²) >= 11 is 0. The fraction of sp³-hybridized carbons (Fsp3) is 0.462. The molecule has 7 heteroatoms. The standard InChI is InChI=1S/C13H19N3O2S.ClH/c1-2-6-15-7-8-16-19(17,18)11-13-5-3-4-12(9-13)10-14;/h3-5,9,15-16H,2,6-8,11H2,1H3;1H. The summed E-state index contributed by atoms with van der Waals surface area (Å²) < 4.78 is 26.2. The summed E-state index contributed by atoms with van der Waals surface area (Å²) in [5.74, 6) is -0.101. The second-order valence-electron chi connectivity index (χ2n) is 4.22. The van der Waals surface area contributed by atoms with Crippen LogP contribution in [0.3, 0.4) is 0 Å². The molecule has 1 aromatic rings. The zero-order valence-electron chi connectivity index (χ0n) is 11.4. The molecule has 0 aliphatic rings. The molecule has 0 saturated carbocycles. The molecule has 0 unspecified atom stereocenters. The highest BCUT2D eigenvalue weighted by atomic mass is 35.5. The number of nitrogens with one attached hydrogen (secondary N) is 2. The summed E-state index contributed by atoms with van der Waals surface area (Å²) in [6.45, 7) is 3.93. The smallest absolute Gasteiger partial charge is 0.215 e. The van der Waals surface area contributed by atoms with E-state index < -0.39 is 10.0 Å². The van der Waals surface area contributed by atoms with Crippen LogP contribution < -0.4 is 10.0 Å². The molecule has 0 radical (unpaired) electrons. The van der Waals surface area contributed by atoms with E-state index in [9.17, 15) is 8.42 Å². The normalized spacial score (nSPS) is 10.6. The van der Waals surface area contributed by atoms with Crippen molar-refractivity contribution in [3.8, 4) is 6.07 Å². The predicted molar refractivity (Wildman–Crippen MR) is 82.2 cm³/mol. The lowest BCUT2D eigenvalue weighted by Crippen LogP contribution is -2.32. The monoisotopic (exact) mass is 317 g/mol. The van der Waals surface area contributed by atoms with Crippen LogP contribution in [0, 0.1) is 11.3 Å². The van der Waals surface area contributed by atoms with Gasteiger partial charge in [0.05, 0.1) is 17.4 Å². The SMILES string of the molecule is CCCNCCNS(=O)(=O)Cc1cccc(C#N)c1.Cl. The van der Waals surface area contributed by atoms with Gasteiger partial charge < -0.3 is 5.32 Å². The van der Waals surface area contributed by atoms with Crippen molar-refractivity contribution < 1.29 is 8.42 Å². The quantitative estimate of drug-likeness (QED) is 0.710. The average Bonchev–Trinajstić information content (AvgIpc) is 2.38. The van der Waals surface area contributed by atoms with Crippen LogP contribution in [0.2, 0.25) is 0 Å². The molecule has 0 amide bonds. The van der Waals surface area contributed by atoms with E-state index in [-0.39, 0.29) is 18.2 Å². The minimum Gasteiger partial charge on any atom is -0.315 e. The molecule has 5 nitrogen and oxygen atoms in total. The van der Waals surface area contributed by atoms with E-state index >= 15 is 0 Å². The molecule has 0 atom stereocenters. The van der Waals surface area contributed by atoms with Crippen molar-refractivity contribution in [3.05, 3.63) is 35.4 Å². The number of nitrogens with zero attached hydrogens (tertiary/aromatic N) is 1. The highest BCUT2D eigenvalue weighted by molar-refractivity contribution is 7.88. The van der Waals surface area contributed by atoms with E-state index in [0.717, 1.165) is 13.0 Å². The van der Waals surface area contributed by atoms with Crippen molar-refractivity contribution in [1.29, 1.82) is 5.26 Å². The molecule has 2 N–H and O–H groups in total. The Kier molecular flexibility index (Phi) is 9.17. The van der Waals surface area contributed by atoms with E-state index in [2.05, 4.69) is 17.0 Å². The van der Waals surface area contributed by atoms with Crippen LogP contribution in [0.5, 0.6) is 0 Å². The molecule has 20 heavy (non-hydrogen) atoms. The summed E-state index contributed by atoms with van der Waals surface area (Å²) in [6.07, 6.45) is 1.02. The number of rotatable bonds is 8. The lowest BCUT2D eigenvalue weighted by Gasteiger charge is -2.07. The molecule has 0 aliphatic heterocycles. The largest absolute Gasteiger partial charge is 0.315 e. The zero-order valence-corrected chi connectivity index (χ0v) is 13.1. The van der Waals surface area contributed by atoms with Crippen LogP contribution in [0.4, 0.5) is 0 Å². The summed E-state index contributed by atoms with van der Waals surface area (Å²) in [6, 6.07) is 8.63. The van der Waals surface area contributed by atoms with Crippen LogP contribution in [0.25, 0.3) is 0 Å². The van der Waals surface area contributed by atoms with Crippen molar-refractivity contribution in [1.82, 2.24) is 10.0 Å². The number of sulfonamides is 1. The Morgan fingerprint density at radius 2 is 2.00 bits per heavy atom. The van der Waals surface area contributed by atoms with Gasteiger partial charge in [0.2, 0.25) is 10.0 Å². The minimum atomic E-state index is -3.35. The number of hydrogen-bond acceptors (Lipinski definition) is 4. The fourth-order valence-electron chi connectivity index (χ4n) is 1.60. The highest BCUT2D eigenvalue weighted by Gasteiger charge is 2.10. The van der Waals surface area contributed by atoms with Crippen LogP contribution in [0.1, 0.15) is 24.5 Å². The fourth-order valence-corrected chi connectivity index (χ4v) is 2.73. The van der Waals surface area contributed by atoms with Gasteiger partial charge in [-0.2, -0.15) is 5.26 Å². The number of nitriles is 1. The topological polar surface area (TPSA) is 82.0 Å². The van der Waals surface area contributed by atoms with Gasteiger partial charge in [-0.3, -0.25) is 0 Å². The second kappa shape index (κ2) is 9.72. The number of benzene rings is 1. The maximum Gasteiger partial charge on any atom is 0.215 e. The Hall–Kier alpha value is -1.13. The van der Waals surface area contributed by atoms with Gasteiger partial charge in [0.1, 0.15) is 0 Å². The third-order valence-corrected chi connectivity index (χ3v) is 3.82. The van der Waals surface area contributed by atoms with E-state index in [1.807, 2.05) is 6.07 Å². The van der Waals surface area contributed by atoms with E-state index in [4.69, 9.17) is 5.26 Å². The molecule has 0 heterocycles. The third kappa shape index (κ3) is 7.46. The molecule has 0 aliphatic carbocycles. The van der Waals surface area contributed by atoms with Crippen LogP contribution >= 0.6 is 12.4 Å². The molecule has 0 spiro atoms. The molecule has 0 saturated heterocycles. The van der Waals surface area contributed by atoms with Crippen molar-refractivity contribution >= 4 is 22.4 Å². The van der Waals surface area contributed by atoms with Gasteiger partial charge in [-0.15, -0.1) is 12.4 Å². The van der Waals surface area contributed by atoms with Crippen molar-refractivity contribution in [2.24, 2.45) is 0 Å². The molecule has 0 bridgehead atoms. The lowest BCUT2D eigenvalue weighted by atomic mass is 10.2. The Labute approximate surface area is 126 Å². The second-order valence-corrected chi connectivity index (χ2v) is 6.02. The number of hydrogen-bond donors (Lipinski definition) is 2. The minimum absolute atomic E-state index is 0. The Morgan fingerprint density at radius 3 is 2.65 bits per heavy atom. The first-order valence-electron chi connectivity index (χ1n) is 6.24. The first-order chi connectivity index (χ1) is 9.07. The van der Waals surface area contributed by atoms with Gasteiger partial charge in [-0.05, 0) is 30.7 Å². The van der Waals surface area contributed by atoms with E-state index in [1.54, 1.807) is 24.3 Å². The van der Waals surface area contributed by atoms with Crippen LogP contribution in [-0.4, -0.2) is 28.1 Å². The van der Waals surface area contributed by atoms with Gasteiger partial charge in [0.15, 0.2) is 0 Å². The third-order valence-electron chi connectivity index (χ3n) is 2.46. The summed E-state index contributed by atoms with van der Waals surface area (Å²) in [5.41, 5.74) is 1.09. The van der Waals surface area contributed by atoms with Gasteiger partial charge in [0, 0.05) is 13.1 Å². The van der Waals surface area contributed by atoms with Crippen molar-refractivity contribution in [2.45, 2.75) is 19.1 Å². The lowest BCUT2D eigenvalue weighted by molar-refractivity contribution is 0.574. The Morgan fingerprint density at radius 1 is 1.25 bits per heavy atom. The molecular weight excluding hydrogens is 298 g/mol. The molecule has 1 rings (SSSR count). The van der Waals surface area contributed by atoms with Gasteiger partial charge in [-0.25, -0.2) is 13.1 Å². The van der Waals surface area contributed by atoms with Gasteiger partial charge in [0.25, 0.3) is 0 Å². The molecule has 0 fully saturated rings. The molecule has 1 aromatic carbocycles. The first-order valence-corrected chi connectivity index (χ1v) is 7.89. The van der Waals surface area contributed by atoms with Crippen LogP contribution in [0.15, 0.2) is 24.3 Å². The molecule has 112 valence electrons. The first kappa shape index (κ1) is 18.9. The summed E-state index contributed by atoms with van der Waals surface area (Å²) in [5, 5.41) is 11.9. The molecule has 0 aromatic heterocycles. The summed E-state index contributed by atoms with van der Waals surface area (Å²) in [7, 11) is -3.35. The Balaban J connectivity index is 0.00000361. The molecular formula is C13H20ClN3O2S. The highest BCUT2D eigenvalue weighted by Crippen LogP contribution is 2.07. The average molecular weight is 318 g/mol. The maximum atomic E-state index is 11.8. The van der Waals surface area contributed by atoms with Gasteiger partial charge in [-0.1, -0.05) is 19.1 Å². The predicted octanol–water partition coefficient (Wildman–Crippen LogP) is 1.40. The van der Waals surface area contributed by atoms with E-state index in [0.29, 0.717) is 24.2 Å². The summed E-state index contributed by atoms with van der Waals surface area (Å²) in [4.78, 5) is 0. The van der Waals surface area contributed by atoms with E-state index in [1.165, 1.54) is 0 Å². The van der Waals surface area contributed by atoms with Crippen molar-refractivity contribution in [2.75, 3.05) is 19.6 Å². The van der Waals surface area contributed by atoms with Gasteiger partial charge >= 0.3 is 0 Å². The van der Waals surface area contributed by atoms with Crippen molar-refractivity contribution in [3.63, 3.8) is 0 Å². The zero-order chi connectivity index (χ0) is 14.1. The maximum absolute atomic E-state index is 11.8. The Bertz CT molecular complexity index is 541.